The normalized spacial score (nSPS) is 18.1. The number of ether oxygens (including phenoxy) is 1. The minimum atomic E-state index is -0.0877. The maximum absolute atomic E-state index is 12.9. The number of aryl methyl sites for hydroxylation is 1. The van der Waals surface area contributed by atoms with Crippen LogP contribution in [0.5, 0.6) is 0 Å². The van der Waals surface area contributed by atoms with Gasteiger partial charge in [-0.15, -0.1) is 0 Å². The van der Waals surface area contributed by atoms with Crippen molar-refractivity contribution in [2.24, 2.45) is 5.92 Å². The predicted octanol–water partition coefficient (Wildman–Crippen LogP) is 2.32. The molecule has 1 aromatic carbocycles. The van der Waals surface area contributed by atoms with Crippen LogP contribution in [0.1, 0.15) is 33.5 Å². The highest BCUT2D eigenvalue weighted by atomic mass is 16.5. The van der Waals surface area contributed by atoms with Gasteiger partial charge in [0.2, 0.25) is 0 Å². The van der Waals surface area contributed by atoms with Gasteiger partial charge in [0.15, 0.2) is 11.6 Å². The first-order valence-electron chi connectivity index (χ1n) is 11.7. The fraction of sp³-hybridized carbons (Fsp3) is 0.440. The summed E-state index contributed by atoms with van der Waals surface area (Å²) >= 11 is 0. The van der Waals surface area contributed by atoms with E-state index in [-0.39, 0.29) is 11.7 Å². The largest absolute Gasteiger partial charge is 0.381 e. The summed E-state index contributed by atoms with van der Waals surface area (Å²) in [6.07, 6.45) is 6.95. The van der Waals surface area contributed by atoms with Gasteiger partial charge in [-0.05, 0) is 55.6 Å². The fourth-order valence-electron chi connectivity index (χ4n) is 4.87. The van der Waals surface area contributed by atoms with Gasteiger partial charge >= 0.3 is 0 Å². The van der Waals surface area contributed by atoms with Crippen molar-refractivity contribution in [2.45, 2.75) is 26.3 Å². The van der Waals surface area contributed by atoms with E-state index in [9.17, 15) is 4.79 Å². The number of nitrogen functional groups attached to an aromatic ring is 1. The van der Waals surface area contributed by atoms with Crippen LogP contribution in [0.3, 0.4) is 0 Å². The van der Waals surface area contributed by atoms with Crippen molar-refractivity contribution in [3.63, 3.8) is 0 Å². The van der Waals surface area contributed by atoms with Crippen molar-refractivity contribution >= 4 is 11.7 Å². The second kappa shape index (κ2) is 9.15. The van der Waals surface area contributed by atoms with Crippen LogP contribution in [-0.4, -0.2) is 75.9 Å². The van der Waals surface area contributed by atoms with E-state index in [1.54, 1.807) is 23.5 Å². The lowest BCUT2D eigenvalue weighted by Crippen LogP contribution is -2.31. The average molecular weight is 462 g/mol. The average Bonchev–Trinajstić information content (AvgIpc) is 3.51. The van der Waals surface area contributed by atoms with Crippen LogP contribution in [0.25, 0.3) is 17.1 Å². The number of likely N-dealkylation sites (N-methyl/N-ethyl adjacent to an activating group) is 1. The van der Waals surface area contributed by atoms with Crippen molar-refractivity contribution < 1.29 is 9.53 Å². The summed E-state index contributed by atoms with van der Waals surface area (Å²) in [5.74, 6) is 0.963. The standard InChI is InChI=1S/C25H31N7O2/c1-16-8-18(9-19-13-30(2)6-4-21(16)19)22-11-27-23(26)24(29-22)32-14-20(10-28-32)25(33)31(3)12-17-5-7-34-15-17/h8-11,14,17H,4-7,12-13,15H2,1-3H3,(H2,26,27)/t17-/m1/s1. The molecule has 1 fully saturated rings. The first-order valence-corrected chi connectivity index (χ1v) is 11.7. The molecule has 2 aliphatic rings. The van der Waals surface area contributed by atoms with E-state index in [2.05, 4.69) is 41.1 Å². The molecule has 2 aliphatic heterocycles. The number of benzene rings is 1. The maximum atomic E-state index is 12.9. The first-order chi connectivity index (χ1) is 16.4. The fourth-order valence-corrected chi connectivity index (χ4v) is 4.87. The molecule has 0 spiro atoms. The molecule has 1 amide bonds. The van der Waals surface area contributed by atoms with Gasteiger partial charge in [-0.25, -0.2) is 14.6 Å². The number of carbonyl (C=O) groups is 1. The third kappa shape index (κ3) is 4.41. The van der Waals surface area contributed by atoms with E-state index in [1.807, 2.05) is 7.05 Å². The Morgan fingerprint density at radius 2 is 2.18 bits per heavy atom. The van der Waals surface area contributed by atoms with Gasteiger partial charge in [-0.3, -0.25) is 4.79 Å². The number of carbonyl (C=O) groups excluding carboxylic acids is 1. The Balaban J connectivity index is 1.41. The quantitative estimate of drug-likeness (QED) is 0.622. The van der Waals surface area contributed by atoms with Crippen molar-refractivity contribution in [3.05, 3.63) is 53.0 Å². The van der Waals surface area contributed by atoms with E-state index < -0.39 is 0 Å². The maximum Gasteiger partial charge on any atom is 0.256 e. The van der Waals surface area contributed by atoms with Gasteiger partial charge in [0.1, 0.15) is 0 Å². The molecule has 2 aromatic heterocycles. The minimum Gasteiger partial charge on any atom is -0.381 e. The number of nitrogens with two attached hydrogens (primary N) is 1. The summed E-state index contributed by atoms with van der Waals surface area (Å²) in [6, 6.07) is 4.36. The van der Waals surface area contributed by atoms with Gasteiger partial charge in [0.25, 0.3) is 5.91 Å². The number of nitrogens with zero attached hydrogens (tertiary/aromatic N) is 6. The van der Waals surface area contributed by atoms with Crippen LogP contribution in [0.4, 0.5) is 5.82 Å². The van der Waals surface area contributed by atoms with Crippen LogP contribution in [0, 0.1) is 12.8 Å². The van der Waals surface area contributed by atoms with Crippen LogP contribution in [-0.2, 0) is 17.7 Å². The third-order valence-corrected chi connectivity index (χ3v) is 6.78. The zero-order valence-electron chi connectivity index (χ0n) is 20.0. The molecule has 2 N–H and O–H groups in total. The Bertz CT molecular complexity index is 1220. The molecular weight excluding hydrogens is 430 g/mol. The monoisotopic (exact) mass is 461 g/mol. The lowest BCUT2D eigenvalue weighted by atomic mass is 9.92. The summed E-state index contributed by atoms with van der Waals surface area (Å²) in [4.78, 5) is 26.1. The van der Waals surface area contributed by atoms with Gasteiger partial charge in [0.05, 0.1) is 30.3 Å². The van der Waals surface area contributed by atoms with Gasteiger partial charge in [0, 0.05) is 51.0 Å². The number of rotatable bonds is 5. The number of fused-ring (bicyclic) bond motifs is 1. The molecule has 9 nitrogen and oxygen atoms in total. The molecule has 0 unspecified atom stereocenters. The molecule has 0 radical (unpaired) electrons. The highest BCUT2D eigenvalue weighted by Crippen LogP contribution is 2.29. The Kier molecular flexibility index (Phi) is 6.05. The van der Waals surface area contributed by atoms with E-state index in [4.69, 9.17) is 15.5 Å². The number of amides is 1. The molecule has 3 aromatic rings. The Hall–Kier alpha value is -3.30. The Morgan fingerprint density at radius 3 is 2.97 bits per heavy atom. The molecular formula is C25H31N7O2. The summed E-state index contributed by atoms with van der Waals surface area (Å²) < 4.78 is 6.96. The Morgan fingerprint density at radius 1 is 1.32 bits per heavy atom. The second-order valence-electron chi connectivity index (χ2n) is 9.47. The molecule has 178 valence electrons. The summed E-state index contributed by atoms with van der Waals surface area (Å²) in [5.41, 5.74) is 12.4. The summed E-state index contributed by atoms with van der Waals surface area (Å²) in [6.45, 7) is 6.27. The highest BCUT2D eigenvalue weighted by Gasteiger charge is 2.23. The van der Waals surface area contributed by atoms with Crippen LogP contribution in [0.15, 0.2) is 30.7 Å². The molecule has 1 saturated heterocycles. The topological polar surface area (TPSA) is 102 Å². The van der Waals surface area contributed by atoms with Gasteiger partial charge in [-0.2, -0.15) is 5.10 Å². The molecule has 0 bridgehead atoms. The molecule has 9 heteroatoms. The highest BCUT2D eigenvalue weighted by molar-refractivity contribution is 5.93. The zero-order valence-corrected chi connectivity index (χ0v) is 20.0. The molecule has 0 saturated carbocycles. The Labute approximate surface area is 199 Å². The van der Waals surface area contributed by atoms with Crippen molar-refractivity contribution in [3.8, 4) is 17.1 Å². The van der Waals surface area contributed by atoms with Crippen molar-refractivity contribution in [2.75, 3.05) is 46.1 Å². The van der Waals surface area contributed by atoms with Crippen molar-refractivity contribution in [1.29, 1.82) is 0 Å². The molecule has 5 rings (SSSR count). The molecule has 34 heavy (non-hydrogen) atoms. The van der Waals surface area contributed by atoms with E-state index in [0.29, 0.717) is 30.5 Å². The lowest BCUT2D eigenvalue weighted by Gasteiger charge is -2.27. The molecule has 4 heterocycles. The van der Waals surface area contributed by atoms with Gasteiger partial charge in [-0.1, -0.05) is 0 Å². The minimum absolute atomic E-state index is 0.0877. The van der Waals surface area contributed by atoms with E-state index >= 15 is 0 Å². The van der Waals surface area contributed by atoms with Crippen molar-refractivity contribution in [1.82, 2.24) is 29.5 Å². The van der Waals surface area contributed by atoms with Gasteiger partial charge < -0.3 is 20.3 Å². The number of hydrogen-bond acceptors (Lipinski definition) is 7. The van der Waals surface area contributed by atoms with Crippen LogP contribution in [0.2, 0.25) is 0 Å². The second-order valence-corrected chi connectivity index (χ2v) is 9.47. The van der Waals surface area contributed by atoms with Crippen LogP contribution >= 0.6 is 0 Å². The predicted molar refractivity (Wildman–Crippen MR) is 130 cm³/mol. The number of anilines is 1. The summed E-state index contributed by atoms with van der Waals surface area (Å²) in [5, 5.41) is 4.37. The zero-order chi connectivity index (χ0) is 23.8. The SMILES string of the molecule is Cc1cc(-c2cnc(N)c(-n3cc(C(=O)N(C)C[C@H]4CCOC4)cn3)n2)cc2c1CCN(C)C2. The molecule has 0 aliphatic carbocycles. The lowest BCUT2D eigenvalue weighted by molar-refractivity contribution is 0.0766. The van der Waals surface area contributed by atoms with E-state index in [0.717, 1.165) is 43.8 Å². The number of hydrogen-bond donors (Lipinski definition) is 1. The number of aromatic nitrogens is 4. The first kappa shape index (κ1) is 22.5. The van der Waals surface area contributed by atoms with Crippen LogP contribution < -0.4 is 5.73 Å². The smallest absolute Gasteiger partial charge is 0.256 e. The third-order valence-electron chi connectivity index (χ3n) is 6.78. The summed E-state index contributed by atoms with van der Waals surface area (Å²) in [7, 11) is 3.95. The molecule has 1 atom stereocenters. The van der Waals surface area contributed by atoms with E-state index in [1.165, 1.54) is 21.4 Å².